The van der Waals surface area contributed by atoms with Crippen molar-refractivity contribution in [1.82, 2.24) is 0 Å². The van der Waals surface area contributed by atoms with Crippen LogP contribution in [0.1, 0.15) is 20.3 Å². The van der Waals surface area contributed by atoms with Gasteiger partial charge in [-0.3, -0.25) is 0 Å². The van der Waals surface area contributed by atoms with E-state index in [2.05, 4.69) is 19.1 Å². The van der Waals surface area contributed by atoms with Gasteiger partial charge in [-0.05, 0) is 0 Å². The van der Waals surface area contributed by atoms with Crippen LogP contribution in [0.5, 0.6) is 0 Å². The van der Waals surface area contributed by atoms with E-state index in [0.29, 0.717) is 20.7 Å². The zero-order valence-electron chi connectivity index (χ0n) is 7.99. The Morgan fingerprint density at radius 1 is 1.38 bits per heavy atom. The molecule has 0 spiro atoms. The van der Waals surface area contributed by atoms with E-state index in [-0.39, 0.29) is 4.82 Å². The molecule has 0 aliphatic rings. The zero-order valence-corrected chi connectivity index (χ0v) is 9.70. The Bertz CT molecular complexity index is 269. The Balaban J connectivity index is 2.62. The van der Waals surface area contributed by atoms with Crippen molar-refractivity contribution in [2.75, 3.05) is 0 Å². The van der Waals surface area contributed by atoms with E-state index in [1.54, 1.807) is 6.92 Å². The quantitative estimate of drug-likeness (QED) is 0.735. The third-order valence-corrected chi connectivity index (χ3v) is 4.98. The van der Waals surface area contributed by atoms with E-state index < -0.39 is 0 Å². The maximum atomic E-state index is 11.2. The summed E-state index contributed by atoms with van der Waals surface area (Å²) in [7, 11) is 0. The van der Waals surface area contributed by atoms with Gasteiger partial charge < -0.3 is 0 Å². The molecule has 0 heterocycles. The van der Waals surface area contributed by atoms with Crippen molar-refractivity contribution in [3.8, 4) is 0 Å². The summed E-state index contributed by atoms with van der Waals surface area (Å²) in [5, 5.41) is 0. The molecule has 2 heteroatoms. The average Bonchev–Trinajstić information content (AvgIpc) is 2.15. The van der Waals surface area contributed by atoms with Crippen LogP contribution >= 0.6 is 0 Å². The molecule has 0 bridgehead atoms. The number of hydrogen-bond acceptors (Lipinski definition) is 1. The third-order valence-electron chi connectivity index (χ3n) is 1.85. The Labute approximate surface area is 85.7 Å². The molecule has 13 heavy (non-hydrogen) atoms. The number of ketones is 1. The SMILES string of the molecule is CCC([Se]c1ccccc1)C(C)=O. The van der Waals surface area contributed by atoms with Crippen LogP contribution in [0.15, 0.2) is 30.3 Å². The van der Waals surface area contributed by atoms with Gasteiger partial charge in [0.05, 0.1) is 0 Å². The van der Waals surface area contributed by atoms with E-state index in [1.165, 1.54) is 4.46 Å². The Hall–Kier alpha value is -0.591. The van der Waals surface area contributed by atoms with Crippen LogP contribution in [-0.4, -0.2) is 20.7 Å². The fourth-order valence-electron chi connectivity index (χ4n) is 1.12. The van der Waals surface area contributed by atoms with Crippen LogP contribution in [0, 0.1) is 0 Å². The molecule has 0 fully saturated rings. The summed E-state index contributed by atoms with van der Waals surface area (Å²) in [5.41, 5.74) is 0. The van der Waals surface area contributed by atoms with Crippen molar-refractivity contribution in [3.63, 3.8) is 0 Å². The van der Waals surface area contributed by atoms with E-state index in [1.807, 2.05) is 18.2 Å². The Morgan fingerprint density at radius 3 is 2.46 bits per heavy atom. The van der Waals surface area contributed by atoms with Gasteiger partial charge in [-0.15, -0.1) is 0 Å². The van der Waals surface area contributed by atoms with Crippen LogP contribution in [0.25, 0.3) is 0 Å². The van der Waals surface area contributed by atoms with Gasteiger partial charge in [0.1, 0.15) is 0 Å². The number of rotatable bonds is 4. The zero-order chi connectivity index (χ0) is 9.68. The molecule has 0 N–H and O–H groups in total. The minimum absolute atomic E-state index is 0.259. The monoisotopic (exact) mass is 242 g/mol. The number of Topliss-reactive ketones (excluding diaryl/α,β-unsaturated/α-hetero) is 1. The number of benzene rings is 1. The van der Waals surface area contributed by atoms with Crippen molar-refractivity contribution in [2.45, 2.75) is 25.1 Å². The standard InChI is InChI=1S/C11H14OSe/c1-3-11(9(2)12)13-10-7-5-4-6-8-10/h4-8,11H,3H2,1-2H3. The first-order valence-electron chi connectivity index (χ1n) is 4.46. The molecule has 1 atom stereocenters. The average molecular weight is 241 g/mol. The summed E-state index contributed by atoms with van der Waals surface area (Å²) in [4.78, 5) is 11.5. The van der Waals surface area contributed by atoms with Crippen molar-refractivity contribution in [1.29, 1.82) is 0 Å². The molecule has 0 radical (unpaired) electrons. The van der Waals surface area contributed by atoms with Gasteiger partial charge in [0.2, 0.25) is 0 Å². The number of carbonyl (C=O) groups excluding carboxylic acids is 1. The normalized spacial score (nSPS) is 12.5. The molecule has 1 aromatic rings. The third kappa shape index (κ3) is 3.33. The second kappa shape index (κ2) is 5.21. The minimum atomic E-state index is 0.259. The molecule has 1 unspecified atom stereocenters. The van der Waals surface area contributed by atoms with E-state index in [9.17, 15) is 4.79 Å². The molecule has 70 valence electrons. The van der Waals surface area contributed by atoms with Crippen LogP contribution in [0.4, 0.5) is 0 Å². The summed E-state index contributed by atoms with van der Waals surface area (Å²) in [5.74, 6) is 0.325. The summed E-state index contributed by atoms with van der Waals surface area (Å²) in [6.45, 7) is 3.77. The molecule has 1 aromatic carbocycles. The van der Waals surface area contributed by atoms with Gasteiger partial charge in [0.25, 0.3) is 0 Å². The first kappa shape index (κ1) is 10.5. The van der Waals surface area contributed by atoms with Crippen LogP contribution in [-0.2, 0) is 4.79 Å². The van der Waals surface area contributed by atoms with Crippen LogP contribution in [0.3, 0.4) is 0 Å². The molecule has 0 saturated heterocycles. The van der Waals surface area contributed by atoms with Gasteiger partial charge in [0.15, 0.2) is 0 Å². The maximum absolute atomic E-state index is 11.2. The van der Waals surface area contributed by atoms with Crippen LogP contribution < -0.4 is 4.46 Å². The summed E-state index contributed by atoms with van der Waals surface area (Å²) in [6, 6.07) is 10.3. The predicted octanol–water partition coefficient (Wildman–Crippen LogP) is 1.80. The Kier molecular flexibility index (Phi) is 4.20. The fraction of sp³-hybridized carbons (Fsp3) is 0.364. The number of carbonyl (C=O) groups is 1. The van der Waals surface area contributed by atoms with Crippen molar-refractivity contribution < 1.29 is 4.79 Å². The molecule has 1 rings (SSSR count). The fourth-order valence-corrected chi connectivity index (χ4v) is 3.16. The number of hydrogen-bond donors (Lipinski definition) is 0. The van der Waals surface area contributed by atoms with Crippen molar-refractivity contribution in [2.24, 2.45) is 0 Å². The van der Waals surface area contributed by atoms with Crippen LogP contribution in [0.2, 0.25) is 4.82 Å². The molecule has 0 aliphatic carbocycles. The molecule has 0 aromatic heterocycles. The summed E-state index contributed by atoms with van der Waals surface area (Å²) >= 11 is 0.307. The van der Waals surface area contributed by atoms with Crippen molar-refractivity contribution in [3.05, 3.63) is 30.3 Å². The summed E-state index contributed by atoms with van der Waals surface area (Å²) in [6.07, 6.45) is 0.963. The molecule has 1 nitrogen and oxygen atoms in total. The second-order valence-corrected chi connectivity index (χ2v) is 5.62. The first-order valence-corrected chi connectivity index (χ1v) is 6.30. The van der Waals surface area contributed by atoms with Gasteiger partial charge in [-0.1, -0.05) is 0 Å². The van der Waals surface area contributed by atoms with Gasteiger partial charge in [-0.25, -0.2) is 0 Å². The second-order valence-electron chi connectivity index (χ2n) is 2.94. The topological polar surface area (TPSA) is 17.1 Å². The van der Waals surface area contributed by atoms with E-state index in [4.69, 9.17) is 0 Å². The molecule has 0 amide bonds. The van der Waals surface area contributed by atoms with Gasteiger partial charge in [-0.2, -0.15) is 0 Å². The van der Waals surface area contributed by atoms with Crippen molar-refractivity contribution >= 4 is 25.2 Å². The first-order chi connectivity index (χ1) is 6.24. The van der Waals surface area contributed by atoms with Gasteiger partial charge >= 0.3 is 85.4 Å². The molecular weight excluding hydrogens is 227 g/mol. The van der Waals surface area contributed by atoms with E-state index in [0.717, 1.165) is 6.42 Å². The van der Waals surface area contributed by atoms with Gasteiger partial charge in [0, 0.05) is 0 Å². The molecule has 0 saturated carbocycles. The Morgan fingerprint density at radius 2 is 2.00 bits per heavy atom. The van der Waals surface area contributed by atoms with E-state index >= 15 is 0 Å². The molecular formula is C11H14OSe. The summed E-state index contributed by atoms with van der Waals surface area (Å²) < 4.78 is 1.32. The molecule has 0 aliphatic heterocycles. The predicted molar refractivity (Wildman–Crippen MR) is 56.6 cm³/mol.